The molecular formula is C24H33N9O4. The minimum atomic E-state index is -0.352. The topological polar surface area (TPSA) is 171 Å². The quantitative estimate of drug-likeness (QED) is 0.333. The zero-order valence-corrected chi connectivity index (χ0v) is 21.4. The summed E-state index contributed by atoms with van der Waals surface area (Å²) in [7, 11) is 0. The molecule has 4 N–H and O–H groups in total. The maximum atomic E-state index is 12.0. The Bertz CT molecular complexity index is 1390. The highest BCUT2D eigenvalue weighted by Gasteiger charge is 2.17. The Morgan fingerprint density at radius 1 is 0.811 bits per heavy atom. The van der Waals surface area contributed by atoms with E-state index in [0.29, 0.717) is 37.6 Å². The van der Waals surface area contributed by atoms with Crippen molar-refractivity contribution in [2.24, 2.45) is 10.2 Å². The molecule has 0 fully saturated rings. The first kappa shape index (κ1) is 28.6. The third-order valence-corrected chi connectivity index (χ3v) is 5.04. The molecule has 0 aliphatic rings. The van der Waals surface area contributed by atoms with E-state index in [4.69, 9.17) is 5.73 Å². The second kappa shape index (κ2) is 14.0. The zero-order chi connectivity index (χ0) is 27.4. The van der Waals surface area contributed by atoms with Gasteiger partial charge in [0.25, 0.3) is 11.1 Å². The highest BCUT2D eigenvalue weighted by atomic mass is 16.3. The van der Waals surface area contributed by atoms with Gasteiger partial charge in [0.1, 0.15) is 5.69 Å². The predicted octanol–water partition coefficient (Wildman–Crippen LogP) is 3.26. The highest BCUT2D eigenvalue weighted by Crippen LogP contribution is 2.24. The fourth-order valence-electron chi connectivity index (χ4n) is 3.34. The van der Waals surface area contributed by atoms with Gasteiger partial charge in [0.05, 0.1) is 18.0 Å². The maximum Gasteiger partial charge on any atom is 0.298 e. The average Bonchev–Trinajstić information content (AvgIpc) is 3.33. The van der Waals surface area contributed by atoms with Gasteiger partial charge in [-0.15, -0.1) is 10.2 Å². The Balaban J connectivity index is 0.000000224. The summed E-state index contributed by atoms with van der Waals surface area (Å²) in [5.74, 6) is -0.124. The van der Waals surface area contributed by atoms with E-state index in [0.717, 1.165) is 0 Å². The molecule has 0 saturated carbocycles. The van der Waals surface area contributed by atoms with Crippen molar-refractivity contribution in [3.05, 3.63) is 75.8 Å². The van der Waals surface area contributed by atoms with Gasteiger partial charge in [-0.1, -0.05) is 0 Å². The van der Waals surface area contributed by atoms with Crippen LogP contribution in [-0.4, -0.2) is 38.9 Å². The fourth-order valence-corrected chi connectivity index (χ4v) is 3.34. The number of pyridine rings is 2. The van der Waals surface area contributed by atoms with Crippen molar-refractivity contribution in [3.8, 4) is 11.8 Å². The van der Waals surface area contributed by atoms with Crippen molar-refractivity contribution in [2.45, 2.75) is 53.9 Å². The molecule has 4 heterocycles. The van der Waals surface area contributed by atoms with Gasteiger partial charge in [0, 0.05) is 44.8 Å². The van der Waals surface area contributed by atoms with Crippen LogP contribution >= 0.6 is 0 Å². The first-order chi connectivity index (χ1) is 17.8. The Morgan fingerprint density at radius 3 is 1.81 bits per heavy atom. The number of aromatic hydroxyl groups is 2. The van der Waals surface area contributed by atoms with E-state index in [9.17, 15) is 19.8 Å². The Morgan fingerprint density at radius 2 is 1.41 bits per heavy atom. The molecule has 4 rings (SSSR count). The molecule has 0 spiro atoms. The fraction of sp³-hybridized carbons (Fsp3) is 0.333. The lowest BCUT2D eigenvalue weighted by molar-refractivity contribution is 0.366. The number of aromatic nitrogens is 6. The van der Waals surface area contributed by atoms with E-state index >= 15 is 0 Å². The Labute approximate surface area is 213 Å². The maximum absolute atomic E-state index is 12.0. The van der Waals surface area contributed by atoms with Crippen LogP contribution < -0.4 is 16.9 Å². The predicted molar refractivity (Wildman–Crippen MR) is 140 cm³/mol. The first-order valence-corrected chi connectivity index (χ1v) is 11.8. The van der Waals surface area contributed by atoms with E-state index in [1.165, 1.54) is 26.3 Å². The number of nitrogens with zero attached hydrogens (tertiary/aromatic N) is 8. The van der Waals surface area contributed by atoms with E-state index in [2.05, 4.69) is 20.2 Å². The monoisotopic (exact) mass is 511 g/mol. The van der Waals surface area contributed by atoms with Crippen LogP contribution in [0.1, 0.15) is 27.7 Å². The van der Waals surface area contributed by atoms with E-state index < -0.39 is 0 Å². The van der Waals surface area contributed by atoms with Crippen LogP contribution in [0.2, 0.25) is 0 Å². The Kier molecular flexibility index (Phi) is 10.8. The van der Waals surface area contributed by atoms with Gasteiger partial charge in [0.2, 0.25) is 17.4 Å². The summed E-state index contributed by atoms with van der Waals surface area (Å²) in [6.45, 7) is 9.57. The van der Waals surface area contributed by atoms with Gasteiger partial charge in [-0.25, -0.2) is 14.0 Å². The smallest absolute Gasteiger partial charge is 0.298 e. The Hall–Kier alpha value is -4.68. The lowest BCUT2D eigenvalue weighted by Gasteiger charge is -2.06. The number of hydrogen-bond acceptors (Lipinski definition) is 9. The molecule has 0 aromatic carbocycles. The average molecular weight is 512 g/mol. The number of nitrogens with two attached hydrogens (primary N) is 1. The van der Waals surface area contributed by atoms with Gasteiger partial charge >= 0.3 is 0 Å². The normalized spacial score (nSPS) is 10.5. The lowest BCUT2D eigenvalue weighted by atomic mass is 10.4. The standard InChI is InChI=1S/C12H15N5O2.C7H12N2O2.C5H6N2/c1-3-16-11(18)10(12(19)17(16)4-2)15-14-9-6-5-7-13-8-9;1-3-8-6(10)5-7(11)9(8)4-2;6-5-2-1-3-7-4-5/h5-8,18H,3-4H2,1-2H3;5,10H,3-4H2,1-2H3;1-4H,6H2. The van der Waals surface area contributed by atoms with Gasteiger partial charge in [-0.2, -0.15) is 0 Å². The second-order valence-electron chi connectivity index (χ2n) is 7.38. The molecule has 37 heavy (non-hydrogen) atoms. The molecule has 0 bridgehead atoms. The molecule has 4 aromatic heterocycles. The highest BCUT2D eigenvalue weighted by molar-refractivity contribution is 5.45. The van der Waals surface area contributed by atoms with Crippen LogP contribution in [-0.2, 0) is 26.2 Å². The molecule has 0 saturated heterocycles. The zero-order valence-electron chi connectivity index (χ0n) is 21.4. The van der Waals surface area contributed by atoms with E-state index in [-0.39, 0.29) is 28.6 Å². The summed E-state index contributed by atoms with van der Waals surface area (Å²) >= 11 is 0. The number of azo groups is 1. The summed E-state index contributed by atoms with van der Waals surface area (Å²) in [5.41, 5.74) is 5.98. The minimum absolute atomic E-state index is 0.0411. The van der Waals surface area contributed by atoms with Crippen LogP contribution in [0, 0.1) is 0 Å². The van der Waals surface area contributed by atoms with E-state index in [1.807, 2.05) is 27.7 Å². The largest absolute Gasteiger partial charge is 0.493 e. The SMILES string of the molecule is CCn1c(O)c(N=Nc2cccnc2)c(=O)n1CC.CCn1c(O)cc(=O)n1CC.Nc1cccnc1. The third kappa shape index (κ3) is 7.40. The first-order valence-electron chi connectivity index (χ1n) is 11.8. The van der Waals surface area contributed by atoms with Crippen molar-refractivity contribution in [2.75, 3.05) is 5.73 Å². The summed E-state index contributed by atoms with van der Waals surface area (Å²) in [6, 6.07) is 8.26. The molecule has 0 atom stereocenters. The van der Waals surface area contributed by atoms with Crippen LogP contribution in [0.25, 0.3) is 0 Å². The molecule has 13 heteroatoms. The van der Waals surface area contributed by atoms with Crippen molar-refractivity contribution in [1.82, 2.24) is 28.7 Å². The summed E-state index contributed by atoms with van der Waals surface area (Å²) in [6.07, 6.45) is 6.44. The molecule has 0 unspecified atom stereocenters. The van der Waals surface area contributed by atoms with Gasteiger partial charge < -0.3 is 15.9 Å². The van der Waals surface area contributed by atoms with Crippen molar-refractivity contribution in [3.63, 3.8) is 0 Å². The van der Waals surface area contributed by atoms with Crippen LogP contribution in [0.4, 0.5) is 17.1 Å². The second-order valence-corrected chi connectivity index (χ2v) is 7.38. The lowest BCUT2D eigenvalue weighted by Crippen LogP contribution is -2.21. The molecular weight excluding hydrogens is 478 g/mol. The van der Waals surface area contributed by atoms with Gasteiger partial charge in [-0.05, 0) is 52.0 Å². The summed E-state index contributed by atoms with van der Waals surface area (Å²) in [4.78, 5) is 30.7. The number of rotatable bonds is 6. The van der Waals surface area contributed by atoms with Crippen LogP contribution in [0.3, 0.4) is 0 Å². The molecule has 0 radical (unpaired) electrons. The number of nitrogen functional groups attached to an aromatic ring is 1. The number of hydrogen-bond donors (Lipinski definition) is 3. The van der Waals surface area contributed by atoms with Crippen LogP contribution in [0.15, 0.2) is 74.9 Å². The molecule has 0 amide bonds. The number of anilines is 1. The van der Waals surface area contributed by atoms with Crippen molar-refractivity contribution >= 4 is 17.1 Å². The summed E-state index contributed by atoms with van der Waals surface area (Å²) in [5, 5.41) is 26.9. The van der Waals surface area contributed by atoms with Crippen molar-refractivity contribution in [1.29, 1.82) is 0 Å². The molecule has 198 valence electrons. The van der Waals surface area contributed by atoms with Crippen molar-refractivity contribution < 1.29 is 10.2 Å². The van der Waals surface area contributed by atoms with Gasteiger partial charge in [0.15, 0.2) is 0 Å². The molecule has 4 aromatic rings. The third-order valence-electron chi connectivity index (χ3n) is 5.04. The summed E-state index contributed by atoms with van der Waals surface area (Å²) < 4.78 is 5.94. The van der Waals surface area contributed by atoms with E-state index in [1.54, 1.807) is 47.5 Å². The van der Waals surface area contributed by atoms with Crippen LogP contribution in [0.5, 0.6) is 11.8 Å². The minimum Gasteiger partial charge on any atom is -0.493 e. The molecule has 0 aliphatic carbocycles. The molecule has 0 aliphatic heterocycles. The molecule has 13 nitrogen and oxygen atoms in total. The van der Waals surface area contributed by atoms with Gasteiger partial charge in [-0.3, -0.25) is 24.2 Å².